The fourth-order valence-electron chi connectivity index (χ4n) is 1.95. The van der Waals surface area contributed by atoms with Gasteiger partial charge in [0.15, 0.2) is 0 Å². The van der Waals surface area contributed by atoms with E-state index >= 15 is 0 Å². The summed E-state index contributed by atoms with van der Waals surface area (Å²) in [6, 6.07) is 11.4. The van der Waals surface area contributed by atoms with E-state index < -0.39 is 10.8 Å². The Morgan fingerprint density at radius 3 is 2.91 bits per heavy atom. The summed E-state index contributed by atoms with van der Waals surface area (Å²) in [4.78, 5) is 13.0. The van der Waals surface area contributed by atoms with Crippen LogP contribution in [0.2, 0.25) is 0 Å². The van der Waals surface area contributed by atoms with Gasteiger partial charge in [-0.1, -0.05) is 18.2 Å². The summed E-state index contributed by atoms with van der Waals surface area (Å²) in [6.45, 7) is 0.490. The average Bonchev–Trinajstić information content (AvgIpc) is 2.98. The van der Waals surface area contributed by atoms with E-state index in [0.717, 1.165) is 16.1 Å². The maximum Gasteiger partial charge on any atom is 0.229 e. The van der Waals surface area contributed by atoms with Crippen molar-refractivity contribution in [3.63, 3.8) is 0 Å². The Balaban J connectivity index is 1.90. The van der Waals surface area contributed by atoms with Gasteiger partial charge in [-0.05, 0) is 29.1 Å². The molecule has 1 atom stereocenters. The third-order valence-electron chi connectivity index (χ3n) is 2.97. The Hall–Kier alpha value is -1.50. The van der Waals surface area contributed by atoms with E-state index in [1.165, 1.54) is 0 Å². The van der Waals surface area contributed by atoms with E-state index in [4.69, 9.17) is 4.74 Å². The Morgan fingerprint density at radius 2 is 2.18 bits per heavy atom. The molecule has 0 fully saturated rings. The lowest BCUT2D eigenvalue weighted by Crippen LogP contribution is -2.14. The molecule has 0 aliphatic rings. The summed E-state index contributed by atoms with van der Waals surface area (Å²) < 4.78 is 16.8. The molecule has 0 unspecified atom stereocenters. The van der Waals surface area contributed by atoms with Gasteiger partial charge in [-0.15, -0.1) is 11.3 Å². The molecule has 6 heteroatoms. The molecule has 0 spiro atoms. The molecule has 1 heterocycles. The Bertz CT molecular complexity index is 626. The minimum atomic E-state index is -0.954. The second kappa shape index (κ2) is 8.82. The zero-order valence-corrected chi connectivity index (χ0v) is 14.0. The lowest BCUT2D eigenvalue weighted by atomic mass is 10.2. The van der Waals surface area contributed by atoms with Crippen LogP contribution in [0, 0.1) is 0 Å². The molecule has 0 radical (unpaired) electrons. The molecular weight excluding hydrogens is 318 g/mol. The number of ether oxygens (including phenoxy) is 1. The molecule has 0 saturated carbocycles. The minimum Gasteiger partial charge on any atom is -0.384 e. The molecule has 1 amide bonds. The first-order chi connectivity index (χ1) is 10.7. The number of methoxy groups -OCH3 is 1. The first-order valence-corrected chi connectivity index (χ1v) is 9.29. The van der Waals surface area contributed by atoms with Crippen molar-refractivity contribution >= 4 is 33.7 Å². The third-order valence-corrected chi connectivity index (χ3v) is 5.12. The van der Waals surface area contributed by atoms with E-state index in [9.17, 15) is 9.00 Å². The highest BCUT2D eigenvalue weighted by Crippen LogP contribution is 2.14. The molecular formula is C16H19NO3S2. The van der Waals surface area contributed by atoms with Gasteiger partial charge in [-0.3, -0.25) is 9.00 Å². The molecule has 118 valence electrons. The second-order valence-corrected chi connectivity index (χ2v) is 7.39. The van der Waals surface area contributed by atoms with Crippen LogP contribution in [0.4, 0.5) is 5.69 Å². The quantitative estimate of drug-likeness (QED) is 0.806. The predicted octanol–water partition coefficient (Wildman–Crippen LogP) is 2.82. The molecule has 1 N–H and O–H groups in total. The van der Waals surface area contributed by atoms with Gasteiger partial charge >= 0.3 is 0 Å². The molecule has 0 aliphatic carbocycles. The number of thiophene rings is 1. The van der Waals surface area contributed by atoms with Crippen molar-refractivity contribution in [1.29, 1.82) is 0 Å². The van der Waals surface area contributed by atoms with E-state index in [2.05, 4.69) is 5.32 Å². The fourth-order valence-corrected chi connectivity index (χ4v) is 3.70. The lowest BCUT2D eigenvalue weighted by molar-refractivity contribution is -0.115. The largest absolute Gasteiger partial charge is 0.384 e. The summed E-state index contributed by atoms with van der Waals surface area (Å²) in [5, 5.41) is 4.84. The third kappa shape index (κ3) is 5.71. The van der Waals surface area contributed by atoms with Crippen molar-refractivity contribution in [2.24, 2.45) is 0 Å². The molecule has 22 heavy (non-hydrogen) atoms. The van der Waals surface area contributed by atoms with Crippen LogP contribution in [0.5, 0.6) is 0 Å². The summed E-state index contributed by atoms with van der Waals surface area (Å²) >= 11 is 1.57. The summed E-state index contributed by atoms with van der Waals surface area (Å²) in [6.07, 6.45) is 0.377. The Morgan fingerprint density at radius 1 is 1.32 bits per heavy atom. The van der Waals surface area contributed by atoms with Gasteiger partial charge in [0, 0.05) is 40.0 Å². The highest BCUT2D eigenvalue weighted by atomic mass is 32.2. The van der Waals surface area contributed by atoms with E-state index in [1.54, 1.807) is 18.4 Å². The summed E-state index contributed by atoms with van der Waals surface area (Å²) in [7, 11) is 0.644. The van der Waals surface area contributed by atoms with Gasteiger partial charge in [-0.25, -0.2) is 0 Å². The molecule has 2 aromatic rings. The normalized spacial score (nSPS) is 12.0. The predicted molar refractivity (Wildman–Crippen MR) is 91.7 cm³/mol. The van der Waals surface area contributed by atoms with Crippen molar-refractivity contribution in [3.05, 3.63) is 52.2 Å². The molecule has 1 aromatic carbocycles. The molecule has 2 rings (SSSR count). The number of nitrogens with one attached hydrogen (secondary N) is 1. The Kier molecular flexibility index (Phi) is 6.76. The first kappa shape index (κ1) is 16.9. The second-order valence-electron chi connectivity index (χ2n) is 4.79. The van der Waals surface area contributed by atoms with Crippen LogP contribution in [-0.2, 0) is 32.5 Å². The zero-order chi connectivity index (χ0) is 15.8. The van der Waals surface area contributed by atoms with Gasteiger partial charge in [0.1, 0.15) is 0 Å². The van der Waals surface area contributed by atoms with E-state index in [-0.39, 0.29) is 5.91 Å². The van der Waals surface area contributed by atoms with Crippen LogP contribution in [0.3, 0.4) is 0 Å². The van der Waals surface area contributed by atoms with Crippen molar-refractivity contribution < 1.29 is 13.7 Å². The van der Waals surface area contributed by atoms with Crippen LogP contribution in [0.1, 0.15) is 10.4 Å². The van der Waals surface area contributed by atoms with Gasteiger partial charge in [-0.2, -0.15) is 0 Å². The van der Waals surface area contributed by atoms with Crippen LogP contribution in [0.15, 0.2) is 41.8 Å². The number of amides is 1. The number of carbonyl (C=O) groups is 1. The summed E-state index contributed by atoms with van der Waals surface area (Å²) in [5.41, 5.74) is 1.69. The SMILES string of the molecule is COCC[S@@](=O)Cc1cccc(NC(=O)Cc2cccs2)c1. The van der Waals surface area contributed by atoms with Crippen LogP contribution in [-0.4, -0.2) is 29.6 Å². The average molecular weight is 337 g/mol. The maximum atomic E-state index is 12.0. The van der Waals surface area contributed by atoms with E-state index in [1.807, 2.05) is 41.8 Å². The molecule has 0 aliphatic heterocycles. The van der Waals surface area contributed by atoms with Crippen LogP contribution in [0.25, 0.3) is 0 Å². The number of rotatable bonds is 8. The zero-order valence-electron chi connectivity index (χ0n) is 12.4. The monoisotopic (exact) mass is 337 g/mol. The highest BCUT2D eigenvalue weighted by molar-refractivity contribution is 7.84. The number of carbonyl (C=O) groups excluding carboxylic acids is 1. The van der Waals surface area contributed by atoms with Crippen LogP contribution >= 0.6 is 11.3 Å². The minimum absolute atomic E-state index is 0.0416. The number of benzene rings is 1. The van der Waals surface area contributed by atoms with Crippen molar-refractivity contribution in [3.8, 4) is 0 Å². The topological polar surface area (TPSA) is 55.4 Å². The van der Waals surface area contributed by atoms with Crippen molar-refractivity contribution in [1.82, 2.24) is 0 Å². The first-order valence-electron chi connectivity index (χ1n) is 6.92. The number of anilines is 1. The van der Waals surface area contributed by atoms with Crippen LogP contribution < -0.4 is 5.32 Å². The summed E-state index contributed by atoms with van der Waals surface area (Å²) in [5.74, 6) is 0.948. The number of hydrogen-bond donors (Lipinski definition) is 1. The smallest absolute Gasteiger partial charge is 0.229 e. The van der Waals surface area contributed by atoms with E-state index in [0.29, 0.717) is 24.5 Å². The van der Waals surface area contributed by atoms with Gasteiger partial charge in [0.05, 0.1) is 13.0 Å². The van der Waals surface area contributed by atoms with Gasteiger partial charge in [0.2, 0.25) is 5.91 Å². The van der Waals surface area contributed by atoms with Crippen molar-refractivity contribution in [2.75, 3.05) is 24.8 Å². The maximum absolute atomic E-state index is 12.0. The highest BCUT2D eigenvalue weighted by Gasteiger charge is 2.07. The molecule has 1 aromatic heterocycles. The molecule has 0 bridgehead atoms. The standard InChI is InChI=1S/C16H19NO3S2/c1-20-7-9-22(19)12-13-4-2-5-14(10-13)17-16(18)11-15-6-3-8-21-15/h2-6,8,10H,7,9,11-12H2,1H3,(H,17,18)/t22-/m1/s1. The number of hydrogen-bond acceptors (Lipinski definition) is 4. The molecule has 0 saturated heterocycles. The lowest BCUT2D eigenvalue weighted by Gasteiger charge is -2.07. The fraction of sp³-hybridized carbons (Fsp3) is 0.312. The molecule has 4 nitrogen and oxygen atoms in total. The van der Waals surface area contributed by atoms with Gasteiger partial charge in [0.25, 0.3) is 0 Å². The van der Waals surface area contributed by atoms with Gasteiger partial charge < -0.3 is 10.1 Å². The Labute approximate surface area is 137 Å². The van der Waals surface area contributed by atoms with Crippen molar-refractivity contribution in [2.45, 2.75) is 12.2 Å².